The number of aryl methyl sites for hydroxylation is 1. The Morgan fingerprint density at radius 3 is 2.67 bits per heavy atom. The summed E-state index contributed by atoms with van der Waals surface area (Å²) in [7, 11) is -3.58. The first kappa shape index (κ1) is 20.3. The molecule has 8 heteroatoms. The molecule has 3 rings (SSSR count). The standard InChI is InChI=1S/C19H29N3O4S/c1-15-6-7-17(27(24,25)22-9-11-26-12-10-22)13-18(15)20-19(23)14-21-8-4-3-5-16(21)2/h6-7,13,16H,3-5,8-12,14H2,1-2H3,(H,20,23)/t16-/m0/s1. The molecule has 2 saturated heterocycles. The van der Waals surface area contributed by atoms with E-state index < -0.39 is 10.0 Å². The lowest BCUT2D eigenvalue weighted by Crippen LogP contribution is -2.42. The van der Waals surface area contributed by atoms with E-state index in [0.29, 0.717) is 44.6 Å². The van der Waals surface area contributed by atoms with Crippen molar-refractivity contribution in [3.8, 4) is 0 Å². The van der Waals surface area contributed by atoms with Gasteiger partial charge < -0.3 is 10.1 Å². The van der Waals surface area contributed by atoms with E-state index in [1.54, 1.807) is 18.2 Å². The molecular formula is C19H29N3O4S. The lowest BCUT2D eigenvalue weighted by atomic mass is 10.0. The fraction of sp³-hybridized carbons (Fsp3) is 0.632. The van der Waals surface area contributed by atoms with Gasteiger partial charge in [-0.15, -0.1) is 0 Å². The minimum Gasteiger partial charge on any atom is -0.379 e. The van der Waals surface area contributed by atoms with Crippen LogP contribution in [0.1, 0.15) is 31.7 Å². The number of sulfonamides is 1. The van der Waals surface area contributed by atoms with Gasteiger partial charge in [-0.05, 0) is 50.9 Å². The molecule has 1 N–H and O–H groups in total. The highest BCUT2D eigenvalue weighted by atomic mass is 32.2. The highest BCUT2D eigenvalue weighted by molar-refractivity contribution is 7.89. The second-order valence-electron chi connectivity index (χ2n) is 7.36. The van der Waals surface area contributed by atoms with Crippen LogP contribution >= 0.6 is 0 Å². The molecule has 1 atom stereocenters. The Bertz CT molecular complexity index is 775. The summed E-state index contributed by atoms with van der Waals surface area (Å²) in [5.41, 5.74) is 1.40. The van der Waals surface area contributed by atoms with E-state index >= 15 is 0 Å². The van der Waals surface area contributed by atoms with Crippen LogP contribution in [-0.4, -0.2) is 69.0 Å². The van der Waals surface area contributed by atoms with Crippen molar-refractivity contribution >= 4 is 21.6 Å². The summed E-state index contributed by atoms with van der Waals surface area (Å²) in [5.74, 6) is -0.104. The summed E-state index contributed by atoms with van der Waals surface area (Å²) in [6.45, 7) is 6.79. The fourth-order valence-corrected chi connectivity index (χ4v) is 5.03. The SMILES string of the molecule is Cc1ccc(S(=O)(=O)N2CCOCC2)cc1NC(=O)CN1CCCC[C@@H]1C. The second kappa shape index (κ2) is 8.68. The third kappa shape index (κ3) is 4.87. The first-order valence-electron chi connectivity index (χ1n) is 9.60. The van der Waals surface area contributed by atoms with E-state index in [1.165, 1.54) is 10.7 Å². The molecule has 2 heterocycles. The average molecular weight is 396 g/mol. The van der Waals surface area contributed by atoms with E-state index in [0.717, 1.165) is 24.9 Å². The molecule has 1 aromatic rings. The third-order valence-electron chi connectivity index (χ3n) is 5.38. The maximum Gasteiger partial charge on any atom is 0.243 e. The Balaban J connectivity index is 1.72. The summed E-state index contributed by atoms with van der Waals surface area (Å²) in [5, 5.41) is 2.91. The van der Waals surface area contributed by atoms with Gasteiger partial charge >= 0.3 is 0 Å². The Hall–Kier alpha value is -1.48. The van der Waals surface area contributed by atoms with Crippen molar-refractivity contribution in [3.63, 3.8) is 0 Å². The van der Waals surface area contributed by atoms with Gasteiger partial charge in [0.05, 0.1) is 24.7 Å². The van der Waals surface area contributed by atoms with Crippen LogP contribution in [0.3, 0.4) is 0 Å². The minimum absolute atomic E-state index is 0.104. The number of hydrogen-bond donors (Lipinski definition) is 1. The number of rotatable bonds is 5. The first-order chi connectivity index (χ1) is 12.9. The number of ether oxygens (including phenoxy) is 1. The molecule has 0 bridgehead atoms. The number of nitrogens with zero attached hydrogens (tertiary/aromatic N) is 2. The molecule has 0 aromatic heterocycles. The van der Waals surface area contributed by atoms with Gasteiger partial charge in [0.2, 0.25) is 15.9 Å². The smallest absolute Gasteiger partial charge is 0.243 e. The number of nitrogens with one attached hydrogen (secondary N) is 1. The molecular weight excluding hydrogens is 366 g/mol. The van der Waals surface area contributed by atoms with Crippen LogP contribution < -0.4 is 5.32 Å². The van der Waals surface area contributed by atoms with Crippen LogP contribution in [0, 0.1) is 6.92 Å². The van der Waals surface area contributed by atoms with Crippen molar-refractivity contribution < 1.29 is 17.9 Å². The maximum absolute atomic E-state index is 12.8. The zero-order valence-corrected chi connectivity index (χ0v) is 16.9. The molecule has 1 amide bonds. The summed E-state index contributed by atoms with van der Waals surface area (Å²) >= 11 is 0. The molecule has 2 aliphatic rings. The zero-order chi connectivity index (χ0) is 19.4. The number of anilines is 1. The minimum atomic E-state index is -3.58. The number of carbonyl (C=O) groups excluding carboxylic acids is 1. The number of amides is 1. The van der Waals surface area contributed by atoms with Crippen molar-refractivity contribution in [1.82, 2.24) is 9.21 Å². The van der Waals surface area contributed by atoms with E-state index in [4.69, 9.17) is 4.74 Å². The predicted octanol–water partition coefficient (Wildman–Crippen LogP) is 1.83. The van der Waals surface area contributed by atoms with E-state index in [9.17, 15) is 13.2 Å². The van der Waals surface area contributed by atoms with Crippen LogP contribution in [0.2, 0.25) is 0 Å². The van der Waals surface area contributed by atoms with Crippen LogP contribution in [-0.2, 0) is 19.6 Å². The van der Waals surface area contributed by atoms with Crippen molar-refractivity contribution in [2.24, 2.45) is 0 Å². The highest BCUT2D eigenvalue weighted by Crippen LogP contribution is 2.24. The van der Waals surface area contributed by atoms with E-state index in [2.05, 4.69) is 17.1 Å². The largest absolute Gasteiger partial charge is 0.379 e. The van der Waals surface area contributed by atoms with Gasteiger partial charge in [-0.1, -0.05) is 12.5 Å². The quantitative estimate of drug-likeness (QED) is 0.823. The molecule has 150 valence electrons. The van der Waals surface area contributed by atoms with Gasteiger partial charge in [0, 0.05) is 24.8 Å². The number of piperidine rings is 1. The molecule has 2 fully saturated rings. The number of benzene rings is 1. The molecule has 1 aromatic carbocycles. The van der Waals surface area contributed by atoms with E-state index in [1.807, 2.05) is 6.92 Å². The molecule has 27 heavy (non-hydrogen) atoms. The molecule has 2 aliphatic heterocycles. The summed E-state index contributed by atoms with van der Waals surface area (Å²) < 4.78 is 32.4. The predicted molar refractivity (Wildman–Crippen MR) is 104 cm³/mol. The molecule has 0 radical (unpaired) electrons. The maximum atomic E-state index is 12.8. The van der Waals surface area contributed by atoms with Gasteiger partial charge in [-0.2, -0.15) is 4.31 Å². The molecule has 0 spiro atoms. The summed E-state index contributed by atoms with van der Waals surface area (Å²) in [6.07, 6.45) is 3.43. The molecule has 7 nitrogen and oxygen atoms in total. The van der Waals surface area contributed by atoms with Crippen LogP contribution in [0.15, 0.2) is 23.1 Å². The van der Waals surface area contributed by atoms with Crippen LogP contribution in [0.25, 0.3) is 0 Å². The topological polar surface area (TPSA) is 79.0 Å². The number of likely N-dealkylation sites (tertiary alicyclic amines) is 1. The van der Waals surface area contributed by atoms with Crippen molar-refractivity contribution in [1.29, 1.82) is 0 Å². The summed E-state index contributed by atoms with van der Waals surface area (Å²) in [6, 6.07) is 5.31. The van der Waals surface area contributed by atoms with Crippen molar-refractivity contribution in [2.75, 3.05) is 44.7 Å². The van der Waals surface area contributed by atoms with Gasteiger partial charge in [0.1, 0.15) is 0 Å². The van der Waals surface area contributed by atoms with Crippen LogP contribution in [0.5, 0.6) is 0 Å². The average Bonchev–Trinajstić information content (AvgIpc) is 2.66. The molecule has 0 saturated carbocycles. The number of carbonyl (C=O) groups is 1. The van der Waals surface area contributed by atoms with Gasteiger partial charge in [-0.25, -0.2) is 8.42 Å². The first-order valence-corrected chi connectivity index (χ1v) is 11.0. The lowest BCUT2D eigenvalue weighted by Gasteiger charge is -2.32. The normalized spacial score (nSPS) is 22.5. The van der Waals surface area contributed by atoms with Gasteiger partial charge in [0.15, 0.2) is 0 Å². The van der Waals surface area contributed by atoms with Crippen LogP contribution in [0.4, 0.5) is 5.69 Å². The summed E-state index contributed by atoms with van der Waals surface area (Å²) in [4.78, 5) is 14.9. The van der Waals surface area contributed by atoms with Gasteiger partial charge in [-0.3, -0.25) is 9.69 Å². The molecule has 0 unspecified atom stereocenters. The van der Waals surface area contributed by atoms with Crippen molar-refractivity contribution in [3.05, 3.63) is 23.8 Å². The number of hydrogen-bond acceptors (Lipinski definition) is 5. The monoisotopic (exact) mass is 395 g/mol. The van der Waals surface area contributed by atoms with Gasteiger partial charge in [0.25, 0.3) is 0 Å². The zero-order valence-electron chi connectivity index (χ0n) is 16.1. The molecule has 0 aliphatic carbocycles. The Morgan fingerprint density at radius 1 is 1.22 bits per heavy atom. The third-order valence-corrected chi connectivity index (χ3v) is 7.27. The number of morpholine rings is 1. The Labute approximate surface area is 161 Å². The van der Waals surface area contributed by atoms with Crippen molar-refractivity contribution in [2.45, 2.75) is 44.0 Å². The Kier molecular flexibility index (Phi) is 6.52. The second-order valence-corrected chi connectivity index (χ2v) is 9.29. The Morgan fingerprint density at radius 2 is 1.96 bits per heavy atom. The highest BCUT2D eigenvalue weighted by Gasteiger charge is 2.27. The fourth-order valence-electron chi connectivity index (χ4n) is 3.60. The van der Waals surface area contributed by atoms with E-state index in [-0.39, 0.29) is 10.8 Å². The lowest BCUT2D eigenvalue weighted by molar-refractivity contribution is -0.118.